The quantitative estimate of drug-likeness (QED) is 0.501. The molecule has 0 amide bonds. The second-order valence-corrected chi connectivity index (χ2v) is 8.31. The second-order valence-electron chi connectivity index (χ2n) is 5.81. The zero-order valence-corrected chi connectivity index (χ0v) is 14.6. The maximum Gasteiger partial charge on any atom is -0.369 e. The summed E-state index contributed by atoms with van der Waals surface area (Å²) in [5.41, 5.74) is 0. The first-order valence-corrected chi connectivity index (χ1v) is 10.2. The van der Waals surface area contributed by atoms with Crippen molar-refractivity contribution in [1.82, 2.24) is 6.15 Å². The van der Waals surface area contributed by atoms with Crippen LogP contribution >= 0.6 is 0 Å². The summed E-state index contributed by atoms with van der Waals surface area (Å²) in [7, 11) is 0. The van der Waals surface area contributed by atoms with Crippen LogP contribution in [0.3, 0.4) is 0 Å². The van der Waals surface area contributed by atoms with E-state index in [0.717, 1.165) is 31.6 Å². The predicted octanol–water partition coefficient (Wildman–Crippen LogP) is 4.34. The third-order valence-corrected chi connectivity index (χ3v) is 6.41. The molecule has 1 fully saturated rings. The third-order valence-electron chi connectivity index (χ3n) is 4.28. The van der Waals surface area contributed by atoms with Gasteiger partial charge in [0, 0.05) is 0 Å². The molecule has 1 aliphatic rings. The van der Waals surface area contributed by atoms with E-state index in [1.807, 2.05) is 0 Å². The van der Waals surface area contributed by atoms with E-state index >= 15 is 0 Å². The molecule has 0 heterocycles. The normalized spacial score (nSPS) is 24.7. The molecule has 1 saturated carbocycles. The predicted molar refractivity (Wildman–Crippen MR) is 80.7 cm³/mol. The van der Waals surface area contributed by atoms with E-state index in [4.69, 9.17) is 0 Å². The van der Waals surface area contributed by atoms with Gasteiger partial charge in [-0.1, -0.05) is 6.92 Å². The molecule has 4 N–H and O–H groups in total. The molecule has 1 aliphatic carbocycles. The van der Waals surface area contributed by atoms with Crippen molar-refractivity contribution in [1.29, 1.82) is 0 Å². The zero-order valence-electron chi connectivity index (χ0n) is 12.9. The maximum atomic E-state index is 10.9. The summed E-state index contributed by atoms with van der Waals surface area (Å²) in [5.74, 6) is 0.822. The summed E-state index contributed by atoms with van der Waals surface area (Å²) in [4.78, 5) is 0.0512. The van der Waals surface area contributed by atoms with Crippen LogP contribution in [0.1, 0.15) is 84.0 Å². The Bertz CT molecular complexity index is 228. The van der Waals surface area contributed by atoms with Crippen LogP contribution in [-0.2, 0) is 3.83 Å². The Labute approximate surface area is 123 Å². The fraction of sp³-hybridized carbons (Fsp3) is 1.00. The molecule has 116 valence electrons. The monoisotopic (exact) mass is 339 g/mol. The van der Waals surface area contributed by atoms with E-state index in [-0.39, 0.29) is 11.0 Å². The second kappa shape index (κ2) is 12.0. The summed E-state index contributed by atoms with van der Waals surface area (Å²) >= 11 is -2.70. The van der Waals surface area contributed by atoms with Crippen LogP contribution in [0.15, 0.2) is 0 Å². The molecule has 1 rings (SSSR count). The van der Waals surface area contributed by atoms with Gasteiger partial charge in [-0.05, 0) is 0 Å². The molecule has 1 atom stereocenters. The van der Waals surface area contributed by atoms with Gasteiger partial charge in [-0.15, -0.1) is 0 Å². The van der Waals surface area contributed by atoms with Gasteiger partial charge in [-0.2, -0.15) is 0 Å². The minimum atomic E-state index is -2.70. The number of rotatable bonds is 9. The summed E-state index contributed by atoms with van der Waals surface area (Å²) in [5, 5.41) is 0. The van der Waals surface area contributed by atoms with Crippen LogP contribution in [0.2, 0.25) is 4.82 Å². The van der Waals surface area contributed by atoms with Crippen molar-refractivity contribution in [2.24, 2.45) is 5.92 Å². The molecule has 0 aromatic heterocycles. The van der Waals surface area contributed by atoms with Gasteiger partial charge < -0.3 is 6.15 Å². The van der Waals surface area contributed by atoms with Crippen LogP contribution in [0, 0.1) is 5.92 Å². The van der Waals surface area contributed by atoms with Crippen molar-refractivity contribution in [3.8, 4) is 0 Å². The van der Waals surface area contributed by atoms with Gasteiger partial charge in [0.1, 0.15) is 0 Å². The molecule has 0 aromatic rings. The molecule has 0 radical (unpaired) electrons. The molecular weight excluding hydrogens is 305 g/mol. The van der Waals surface area contributed by atoms with Gasteiger partial charge in [0.25, 0.3) is 0 Å². The van der Waals surface area contributed by atoms with Crippen LogP contribution < -0.4 is 10.3 Å². The molecule has 0 saturated heterocycles. The molecule has 4 heteroatoms. The minimum Gasteiger partial charge on any atom is -0.369 e. The van der Waals surface area contributed by atoms with Crippen LogP contribution in [-0.4, -0.2) is 14.2 Å². The minimum absolute atomic E-state index is 0. The first-order valence-electron chi connectivity index (χ1n) is 7.82. The fourth-order valence-electron chi connectivity index (χ4n) is 3.00. The summed E-state index contributed by atoms with van der Waals surface area (Å²) in [6, 6.07) is 0. The number of hydrogen-bond donors (Lipinski definition) is 1. The van der Waals surface area contributed by atoms with E-state index in [2.05, 4.69) is 6.92 Å². The first-order chi connectivity index (χ1) is 8.74. The SMILES string of the molecule is CCCCCCCCCC1CCC([Se](=O)[O-])CC1.[NH4+]. The van der Waals surface area contributed by atoms with Gasteiger partial charge in [0.05, 0.1) is 0 Å². The third kappa shape index (κ3) is 8.91. The van der Waals surface area contributed by atoms with E-state index in [9.17, 15) is 8.02 Å². The molecular formula is C15H33NO2Se. The average Bonchev–Trinajstić information content (AvgIpc) is 2.38. The Morgan fingerprint density at radius 3 is 2.00 bits per heavy atom. The van der Waals surface area contributed by atoms with Gasteiger partial charge in [-0.25, -0.2) is 0 Å². The van der Waals surface area contributed by atoms with Crippen molar-refractivity contribution in [2.75, 3.05) is 0 Å². The summed E-state index contributed by atoms with van der Waals surface area (Å²) in [6.45, 7) is 2.26. The molecule has 3 nitrogen and oxygen atoms in total. The largest absolute Gasteiger partial charge is 0.369 e. The standard InChI is InChI=1S/C15H30O2Se.H3N/c1-2-3-4-5-6-7-8-9-14-10-12-15(13-11-14)18(16)17;/h14-15H,2-13H2,1H3,(H,16,17);1H3. The topological polar surface area (TPSA) is 76.6 Å². The Morgan fingerprint density at radius 2 is 1.47 bits per heavy atom. The van der Waals surface area contributed by atoms with Crippen LogP contribution in [0.5, 0.6) is 0 Å². The van der Waals surface area contributed by atoms with E-state index in [0.29, 0.717) is 0 Å². The van der Waals surface area contributed by atoms with Gasteiger partial charge in [0.15, 0.2) is 0 Å². The zero-order chi connectivity index (χ0) is 13.2. The van der Waals surface area contributed by atoms with E-state index in [1.165, 1.54) is 51.4 Å². The first kappa shape index (κ1) is 19.2. The van der Waals surface area contributed by atoms with Gasteiger partial charge >= 0.3 is 110 Å². The molecule has 0 spiro atoms. The number of hydrogen-bond acceptors (Lipinski definition) is 2. The van der Waals surface area contributed by atoms with Crippen molar-refractivity contribution >= 4 is 14.2 Å². The molecule has 0 aromatic carbocycles. The Balaban J connectivity index is 0.00000324. The molecule has 19 heavy (non-hydrogen) atoms. The average molecular weight is 338 g/mol. The van der Waals surface area contributed by atoms with Crippen molar-refractivity contribution in [3.05, 3.63) is 0 Å². The summed E-state index contributed by atoms with van der Waals surface area (Å²) < 4.78 is 21.9. The molecule has 0 aliphatic heterocycles. The van der Waals surface area contributed by atoms with Gasteiger partial charge in [-0.3, -0.25) is 0 Å². The maximum absolute atomic E-state index is 10.9. The van der Waals surface area contributed by atoms with Gasteiger partial charge in [0.2, 0.25) is 0 Å². The molecule has 0 bridgehead atoms. The van der Waals surface area contributed by atoms with Crippen molar-refractivity contribution < 1.29 is 8.02 Å². The van der Waals surface area contributed by atoms with E-state index < -0.39 is 14.2 Å². The number of unbranched alkanes of at least 4 members (excludes halogenated alkanes) is 6. The van der Waals surface area contributed by atoms with Crippen LogP contribution in [0.25, 0.3) is 0 Å². The summed E-state index contributed by atoms with van der Waals surface area (Å²) in [6.07, 6.45) is 15.2. The fourth-order valence-corrected chi connectivity index (χ4v) is 4.38. The van der Waals surface area contributed by atoms with Crippen molar-refractivity contribution in [2.45, 2.75) is 88.8 Å². The number of quaternary nitrogens is 1. The Hall–Kier alpha value is 0.239. The van der Waals surface area contributed by atoms with E-state index in [1.54, 1.807) is 0 Å². The molecule has 1 unspecified atom stereocenters. The Morgan fingerprint density at radius 1 is 0.947 bits per heavy atom. The van der Waals surface area contributed by atoms with Crippen molar-refractivity contribution in [3.63, 3.8) is 0 Å². The Kier molecular flexibility index (Phi) is 12.2. The smallest absolute Gasteiger partial charge is 0.369 e. The van der Waals surface area contributed by atoms with Crippen LogP contribution in [0.4, 0.5) is 0 Å².